The average Bonchev–Trinajstić information content (AvgIpc) is 3.59. The van der Waals surface area contributed by atoms with E-state index in [2.05, 4.69) is 9.97 Å². The smallest absolute Gasteiger partial charge is 0.339 e. The van der Waals surface area contributed by atoms with Gasteiger partial charge >= 0.3 is 5.97 Å². The molecule has 0 spiro atoms. The summed E-state index contributed by atoms with van der Waals surface area (Å²) in [4.78, 5) is 20.8. The molecular weight excluding hydrogens is 538 g/mol. The number of fused-ring (bicyclic) bond motifs is 1. The number of rotatable bonds is 7. The number of esters is 1. The van der Waals surface area contributed by atoms with Crippen molar-refractivity contribution in [3.05, 3.63) is 83.8 Å². The minimum absolute atomic E-state index is 0.0302. The van der Waals surface area contributed by atoms with Crippen molar-refractivity contribution >= 4 is 48.5 Å². The Hall–Kier alpha value is -3.83. The third kappa shape index (κ3) is 5.24. The lowest BCUT2D eigenvalue weighted by molar-refractivity contribution is 0.0600. The van der Waals surface area contributed by atoms with Crippen LogP contribution in [0.2, 0.25) is 0 Å². The summed E-state index contributed by atoms with van der Waals surface area (Å²) in [6, 6.07) is 14.5. The Morgan fingerprint density at radius 1 is 0.949 bits per heavy atom. The molecule has 0 atom stereocenters. The summed E-state index contributed by atoms with van der Waals surface area (Å²) in [5.74, 6) is -0.441. The van der Waals surface area contributed by atoms with Crippen molar-refractivity contribution in [3.8, 4) is 0 Å². The van der Waals surface area contributed by atoms with Gasteiger partial charge in [0.2, 0.25) is 0 Å². The van der Waals surface area contributed by atoms with Gasteiger partial charge < -0.3 is 4.74 Å². The van der Waals surface area contributed by atoms with Crippen LogP contribution in [0.3, 0.4) is 0 Å². The van der Waals surface area contributed by atoms with Crippen LogP contribution in [-0.4, -0.2) is 50.1 Å². The third-order valence-corrected chi connectivity index (χ3v) is 9.61. The van der Waals surface area contributed by atoms with Gasteiger partial charge in [0.1, 0.15) is 0 Å². The zero-order valence-electron chi connectivity index (χ0n) is 21.4. The lowest BCUT2D eigenvalue weighted by Gasteiger charge is -2.17. The first-order valence-corrected chi connectivity index (χ1v) is 15.7. The molecule has 1 saturated carbocycles. The number of aromatic nitrogens is 3. The molecule has 39 heavy (non-hydrogen) atoms. The second kappa shape index (κ2) is 10.4. The summed E-state index contributed by atoms with van der Waals surface area (Å²) in [7, 11) is -6.27. The second-order valence-corrected chi connectivity index (χ2v) is 13.3. The van der Waals surface area contributed by atoms with E-state index in [1.54, 1.807) is 36.4 Å². The fraction of sp³-hybridized carbons (Fsp3) is 0.250. The van der Waals surface area contributed by atoms with Crippen molar-refractivity contribution in [2.75, 3.05) is 13.4 Å². The Labute approximate surface area is 227 Å². The fourth-order valence-corrected chi connectivity index (χ4v) is 7.01. The highest BCUT2D eigenvalue weighted by molar-refractivity contribution is 7.90. The van der Waals surface area contributed by atoms with Gasteiger partial charge in [-0.1, -0.05) is 37.1 Å². The van der Waals surface area contributed by atoms with E-state index >= 15 is 0 Å². The SMILES string of the molecule is COC(=O)c1cnc2c(c1)cc(C=C(c1ccc(S(C)(=O)=O)nc1)C1CCCC1)n2S(=O)(=O)c1ccccc1. The van der Waals surface area contributed by atoms with E-state index in [-0.39, 0.29) is 27.0 Å². The van der Waals surface area contributed by atoms with Gasteiger partial charge in [0.05, 0.1) is 23.3 Å². The summed E-state index contributed by atoms with van der Waals surface area (Å²) < 4.78 is 57.8. The molecule has 3 aromatic heterocycles. The average molecular weight is 566 g/mol. The van der Waals surface area contributed by atoms with Gasteiger partial charge in [0.25, 0.3) is 10.0 Å². The highest BCUT2D eigenvalue weighted by Crippen LogP contribution is 2.39. The lowest BCUT2D eigenvalue weighted by Crippen LogP contribution is -2.15. The highest BCUT2D eigenvalue weighted by Gasteiger charge is 2.27. The molecule has 5 rings (SSSR count). The van der Waals surface area contributed by atoms with Gasteiger partial charge in [0.15, 0.2) is 20.5 Å². The lowest BCUT2D eigenvalue weighted by atomic mass is 9.91. The maximum atomic E-state index is 13.9. The van der Waals surface area contributed by atoms with Crippen molar-refractivity contribution in [3.63, 3.8) is 0 Å². The van der Waals surface area contributed by atoms with Crippen molar-refractivity contribution in [2.45, 2.75) is 35.6 Å². The topological polar surface area (TPSA) is 125 Å². The van der Waals surface area contributed by atoms with Crippen molar-refractivity contribution in [1.29, 1.82) is 0 Å². The molecule has 0 saturated heterocycles. The summed E-state index contributed by atoms with van der Waals surface area (Å²) in [5, 5.41) is 0.428. The van der Waals surface area contributed by atoms with Gasteiger partial charge in [-0.05, 0) is 66.3 Å². The fourth-order valence-electron chi connectivity index (χ4n) is 4.97. The van der Waals surface area contributed by atoms with E-state index in [4.69, 9.17) is 4.74 Å². The molecule has 0 bridgehead atoms. The van der Waals surface area contributed by atoms with E-state index in [1.165, 1.54) is 41.7 Å². The summed E-state index contributed by atoms with van der Waals surface area (Å²) in [6.45, 7) is 0. The van der Waals surface area contributed by atoms with Crippen LogP contribution in [0.25, 0.3) is 22.7 Å². The summed E-state index contributed by atoms with van der Waals surface area (Å²) in [5.41, 5.74) is 2.31. The molecule has 4 aromatic rings. The number of ether oxygens (including phenoxy) is 1. The Bertz CT molecular complexity index is 1790. The summed E-state index contributed by atoms with van der Waals surface area (Å²) >= 11 is 0. The van der Waals surface area contributed by atoms with Crippen LogP contribution in [0.1, 0.15) is 47.3 Å². The largest absolute Gasteiger partial charge is 0.465 e. The van der Waals surface area contributed by atoms with Gasteiger partial charge in [-0.25, -0.2) is 35.6 Å². The van der Waals surface area contributed by atoms with Crippen LogP contribution < -0.4 is 0 Å². The predicted octanol–water partition coefficient (Wildman–Crippen LogP) is 4.59. The Morgan fingerprint density at radius 3 is 2.26 bits per heavy atom. The van der Waals surface area contributed by atoms with Crippen molar-refractivity contribution < 1.29 is 26.4 Å². The molecule has 11 heteroatoms. The normalized spacial score (nSPS) is 15.1. The molecular formula is C28H27N3O6S2. The van der Waals surface area contributed by atoms with Crippen LogP contribution >= 0.6 is 0 Å². The van der Waals surface area contributed by atoms with Crippen LogP contribution in [0, 0.1) is 5.92 Å². The predicted molar refractivity (Wildman–Crippen MR) is 147 cm³/mol. The number of methoxy groups -OCH3 is 1. The van der Waals surface area contributed by atoms with Gasteiger partial charge in [0, 0.05) is 24.0 Å². The third-order valence-electron chi connectivity index (χ3n) is 6.88. The highest BCUT2D eigenvalue weighted by atomic mass is 32.2. The molecule has 1 aromatic carbocycles. The summed E-state index contributed by atoms with van der Waals surface area (Å²) in [6.07, 6.45) is 9.63. The molecule has 0 radical (unpaired) electrons. The number of pyridine rings is 2. The number of sulfone groups is 1. The Kier molecular flexibility index (Phi) is 7.13. The first-order valence-electron chi connectivity index (χ1n) is 12.4. The zero-order valence-corrected chi connectivity index (χ0v) is 23.1. The van der Waals surface area contributed by atoms with Crippen LogP contribution in [0.15, 0.2) is 76.9 Å². The number of nitrogens with zero attached hydrogens (tertiary/aromatic N) is 3. The van der Waals surface area contributed by atoms with E-state index in [9.17, 15) is 21.6 Å². The van der Waals surface area contributed by atoms with E-state index in [0.29, 0.717) is 16.6 Å². The van der Waals surface area contributed by atoms with Crippen LogP contribution in [0.4, 0.5) is 0 Å². The first kappa shape index (κ1) is 26.8. The molecule has 0 aliphatic heterocycles. The number of hydrogen-bond acceptors (Lipinski definition) is 8. The maximum absolute atomic E-state index is 13.9. The molecule has 1 aliphatic rings. The van der Waals surface area contributed by atoms with Crippen molar-refractivity contribution in [1.82, 2.24) is 13.9 Å². The molecule has 3 heterocycles. The maximum Gasteiger partial charge on any atom is 0.339 e. The van der Waals surface area contributed by atoms with E-state index in [1.807, 2.05) is 6.08 Å². The van der Waals surface area contributed by atoms with Crippen LogP contribution in [0.5, 0.6) is 0 Å². The standard InChI is InChI=1S/C28H27N3O6S2/c1-37-28(32)22-14-21-15-23(31(27(21)30-18-22)39(35,36)24-10-4-3-5-11-24)16-25(19-8-6-7-9-19)20-12-13-26(29-17-20)38(2,33)34/h3-5,10-19H,6-9H2,1-2H3. The van der Waals surface area contributed by atoms with Gasteiger partial charge in [-0.15, -0.1) is 0 Å². The van der Waals surface area contributed by atoms with Gasteiger partial charge in [-0.2, -0.15) is 0 Å². The number of carbonyl (C=O) groups excluding carboxylic acids is 1. The van der Waals surface area contributed by atoms with Gasteiger partial charge in [-0.3, -0.25) is 0 Å². The quantitative estimate of drug-likeness (QED) is 0.298. The Morgan fingerprint density at radius 2 is 1.64 bits per heavy atom. The number of allylic oxidation sites excluding steroid dienone is 1. The second-order valence-electron chi connectivity index (χ2n) is 9.52. The molecule has 9 nitrogen and oxygen atoms in total. The molecule has 0 N–H and O–H groups in total. The number of benzene rings is 1. The molecule has 1 fully saturated rings. The molecule has 0 amide bonds. The van der Waals surface area contributed by atoms with Crippen molar-refractivity contribution in [2.24, 2.45) is 5.92 Å². The van der Waals surface area contributed by atoms with E-state index < -0.39 is 25.8 Å². The first-order chi connectivity index (χ1) is 18.6. The monoisotopic (exact) mass is 565 g/mol. The Balaban J connectivity index is 1.76. The minimum atomic E-state index is -4.07. The van der Waals surface area contributed by atoms with Crippen LogP contribution in [-0.2, 0) is 24.6 Å². The molecule has 1 aliphatic carbocycles. The minimum Gasteiger partial charge on any atom is -0.465 e. The zero-order chi connectivity index (χ0) is 27.8. The number of hydrogen-bond donors (Lipinski definition) is 0. The molecule has 0 unspecified atom stereocenters. The molecule has 202 valence electrons. The number of carbonyl (C=O) groups is 1. The van der Waals surface area contributed by atoms with E-state index in [0.717, 1.165) is 37.5 Å².